The minimum absolute atomic E-state index is 0.0464. The fourth-order valence-corrected chi connectivity index (χ4v) is 1.95. The van der Waals surface area contributed by atoms with E-state index in [1.54, 1.807) is 32.0 Å². The quantitative estimate of drug-likeness (QED) is 0.512. The molecule has 7 nitrogen and oxygen atoms in total. The SMILES string of the molecule is CCOC(=O)/C=C(/Nc1cc(OCC)ccc1OCC)C(=O)OCC. The Balaban J connectivity index is 3.18. The second-order valence-corrected chi connectivity index (χ2v) is 4.68. The highest BCUT2D eigenvalue weighted by atomic mass is 16.5. The second-order valence-electron chi connectivity index (χ2n) is 4.68. The standard InChI is InChI=1S/C18H25NO6/c1-5-22-13-9-10-16(23-6-2)14(11-13)19-15(18(21)25-8-4)12-17(20)24-7-3/h9-12,19H,5-8H2,1-4H3/b15-12+. The highest BCUT2D eigenvalue weighted by Gasteiger charge is 2.16. The molecule has 0 aliphatic carbocycles. The van der Waals surface area contributed by atoms with Gasteiger partial charge in [0.25, 0.3) is 0 Å². The molecule has 1 rings (SSSR count). The van der Waals surface area contributed by atoms with Crippen molar-refractivity contribution in [3.05, 3.63) is 30.0 Å². The summed E-state index contributed by atoms with van der Waals surface area (Å²) >= 11 is 0. The van der Waals surface area contributed by atoms with Gasteiger partial charge in [0.05, 0.1) is 38.2 Å². The van der Waals surface area contributed by atoms with Gasteiger partial charge in [-0.1, -0.05) is 0 Å². The van der Waals surface area contributed by atoms with Crippen LogP contribution in [0.25, 0.3) is 0 Å². The zero-order valence-electron chi connectivity index (χ0n) is 15.1. The summed E-state index contributed by atoms with van der Waals surface area (Å²) in [5.74, 6) is -0.186. The third-order valence-electron chi connectivity index (χ3n) is 2.88. The van der Waals surface area contributed by atoms with Crippen molar-refractivity contribution in [1.82, 2.24) is 0 Å². The van der Waals surface area contributed by atoms with E-state index in [-0.39, 0.29) is 18.9 Å². The lowest BCUT2D eigenvalue weighted by Gasteiger charge is -2.15. The van der Waals surface area contributed by atoms with E-state index < -0.39 is 11.9 Å². The smallest absolute Gasteiger partial charge is 0.355 e. The first-order valence-electron chi connectivity index (χ1n) is 8.27. The number of ether oxygens (including phenoxy) is 4. The molecule has 1 N–H and O–H groups in total. The molecule has 0 saturated carbocycles. The van der Waals surface area contributed by atoms with Crippen molar-refractivity contribution in [3.63, 3.8) is 0 Å². The van der Waals surface area contributed by atoms with E-state index in [1.807, 2.05) is 13.8 Å². The summed E-state index contributed by atoms with van der Waals surface area (Å²) < 4.78 is 20.9. The Morgan fingerprint density at radius 3 is 2.24 bits per heavy atom. The van der Waals surface area contributed by atoms with Crippen molar-refractivity contribution >= 4 is 17.6 Å². The van der Waals surface area contributed by atoms with Crippen molar-refractivity contribution in [2.24, 2.45) is 0 Å². The zero-order valence-corrected chi connectivity index (χ0v) is 15.1. The Kier molecular flexibility index (Phi) is 8.92. The number of anilines is 1. The van der Waals surface area contributed by atoms with Crippen LogP contribution < -0.4 is 14.8 Å². The van der Waals surface area contributed by atoms with Gasteiger partial charge in [0.1, 0.15) is 17.2 Å². The van der Waals surface area contributed by atoms with Gasteiger partial charge in [-0.2, -0.15) is 0 Å². The Labute approximate surface area is 147 Å². The lowest BCUT2D eigenvalue weighted by Crippen LogP contribution is -2.17. The molecule has 138 valence electrons. The van der Waals surface area contributed by atoms with Crippen molar-refractivity contribution in [1.29, 1.82) is 0 Å². The van der Waals surface area contributed by atoms with Gasteiger partial charge in [-0.05, 0) is 39.8 Å². The monoisotopic (exact) mass is 351 g/mol. The molecule has 0 saturated heterocycles. The van der Waals surface area contributed by atoms with Gasteiger partial charge < -0.3 is 24.3 Å². The van der Waals surface area contributed by atoms with Crippen LogP contribution in [-0.4, -0.2) is 38.4 Å². The molecular formula is C18H25NO6. The predicted octanol–water partition coefficient (Wildman–Crippen LogP) is 2.91. The second kappa shape index (κ2) is 11.0. The zero-order chi connectivity index (χ0) is 18.7. The molecule has 25 heavy (non-hydrogen) atoms. The average molecular weight is 351 g/mol. The molecule has 0 aliphatic heterocycles. The van der Waals surface area contributed by atoms with Gasteiger partial charge in [0.15, 0.2) is 0 Å². The van der Waals surface area contributed by atoms with Crippen LogP contribution in [0.2, 0.25) is 0 Å². The van der Waals surface area contributed by atoms with Gasteiger partial charge in [-0.15, -0.1) is 0 Å². The van der Waals surface area contributed by atoms with Gasteiger partial charge >= 0.3 is 11.9 Å². The highest BCUT2D eigenvalue weighted by Crippen LogP contribution is 2.30. The van der Waals surface area contributed by atoms with Crippen molar-refractivity contribution < 1.29 is 28.5 Å². The van der Waals surface area contributed by atoms with Crippen LogP contribution in [0.3, 0.4) is 0 Å². The molecule has 1 aromatic carbocycles. The molecule has 0 unspecified atom stereocenters. The number of carbonyl (C=O) groups excluding carboxylic acids is 2. The molecule has 0 heterocycles. The molecular weight excluding hydrogens is 326 g/mol. The van der Waals surface area contributed by atoms with Gasteiger partial charge in [-0.25, -0.2) is 9.59 Å². The van der Waals surface area contributed by atoms with Crippen LogP contribution in [0.15, 0.2) is 30.0 Å². The molecule has 0 aromatic heterocycles. The molecule has 0 aliphatic rings. The van der Waals surface area contributed by atoms with Crippen LogP contribution in [0, 0.1) is 0 Å². The van der Waals surface area contributed by atoms with Crippen molar-refractivity contribution in [3.8, 4) is 11.5 Å². The maximum atomic E-state index is 12.1. The maximum absolute atomic E-state index is 12.1. The third kappa shape index (κ3) is 6.74. The third-order valence-corrected chi connectivity index (χ3v) is 2.88. The fourth-order valence-electron chi connectivity index (χ4n) is 1.95. The van der Waals surface area contributed by atoms with E-state index >= 15 is 0 Å². The summed E-state index contributed by atoms with van der Waals surface area (Å²) in [6, 6.07) is 5.18. The van der Waals surface area contributed by atoms with E-state index in [4.69, 9.17) is 18.9 Å². The minimum Gasteiger partial charge on any atom is -0.494 e. The van der Waals surface area contributed by atoms with E-state index in [1.165, 1.54) is 0 Å². The van der Waals surface area contributed by atoms with Crippen LogP contribution in [0.1, 0.15) is 27.7 Å². The molecule has 0 atom stereocenters. The van der Waals surface area contributed by atoms with Crippen LogP contribution in [0.5, 0.6) is 11.5 Å². The molecule has 0 bridgehead atoms. The Morgan fingerprint density at radius 1 is 0.960 bits per heavy atom. The summed E-state index contributed by atoms with van der Waals surface area (Å²) in [6.45, 7) is 8.40. The first-order valence-corrected chi connectivity index (χ1v) is 8.27. The van der Waals surface area contributed by atoms with E-state index in [0.29, 0.717) is 30.4 Å². The lowest BCUT2D eigenvalue weighted by atomic mass is 10.2. The average Bonchev–Trinajstić information content (AvgIpc) is 2.57. The van der Waals surface area contributed by atoms with Crippen molar-refractivity contribution in [2.45, 2.75) is 27.7 Å². The molecule has 0 radical (unpaired) electrons. The largest absolute Gasteiger partial charge is 0.494 e. The Morgan fingerprint density at radius 2 is 1.64 bits per heavy atom. The first-order chi connectivity index (χ1) is 12.0. The molecule has 7 heteroatoms. The number of benzene rings is 1. The van der Waals surface area contributed by atoms with Gasteiger partial charge in [0.2, 0.25) is 0 Å². The Bertz CT molecular complexity index is 612. The summed E-state index contributed by atoms with van der Waals surface area (Å²) in [6.07, 6.45) is 1.06. The fraction of sp³-hybridized carbons (Fsp3) is 0.444. The number of nitrogens with one attached hydrogen (secondary N) is 1. The molecule has 0 amide bonds. The summed E-state index contributed by atoms with van der Waals surface area (Å²) in [5.41, 5.74) is 0.436. The number of rotatable bonds is 10. The van der Waals surface area contributed by atoms with E-state index in [2.05, 4.69) is 5.32 Å². The maximum Gasteiger partial charge on any atom is 0.355 e. The molecule has 0 spiro atoms. The lowest BCUT2D eigenvalue weighted by molar-refractivity contribution is -0.140. The number of hydrogen-bond acceptors (Lipinski definition) is 7. The first kappa shape index (κ1) is 20.3. The highest BCUT2D eigenvalue weighted by molar-refractivity contribution is 5.99. The van der Waals surface area contributed by atoms with Crippen LogP contribution in [0.4, 0.5) is 5.69 Å². The van der Waals surface area contributed by atoms with Gasteiger partial charge in [0, 0.05) is 6.07 Å². The number of hydrogen-bond donors (Lipinski definition) is 1. The van der Waals surface area contributed by atoms with Crippen molar-refractivity contribution in [2.75, 3.05) is 31.7 Å². The van der Waals surface area contributed by atoms with E-state index in [9.17, 15) is 9.59 Å². The topological polar surface area (TPSA) is 83.1 Å². The number of esters is 2. The summed E-state index contributed by atoms with van der Waals surface area (Å²) in [4.78, 5) is 23.9. The molecule has 1 aromatic rings. The van der Waals surface area contributed by atoms with E-state index in [0.717, 1.165) is 6.08 Å². The minimum atomic E-state index is -0.667. The van der Waals surface area contributed by atoms with Crippen LogP contribution in [-0.2, 0) is 19.1 Å². The van der Waals surface area contributed by atoms with Gasteiger partial charge in [-0.3, -0.25) is 0 Å². The summed E-state index contributed by atoms with van der Waals surface area (Å²) in [7, 11) is 0. The molecule has 0 fully saturated rings. The normalized spacial score (nSPS) is 10.8. The Hall–Kier alpha value is -2.70. The predicted molar refractivity (Wildman–Crippen MR) is 93.8 cm³/mol. The van der Waals surface area contributed by atoms with Crippen LogP contribution >= 0.6 is 0 Å². The summed E-state index contributed by atoms with van der Waals surface area (Å²) in [5, 5.41) is 2.89. The number of carbonyl (C=O) groups is 2.